The Morgan fingerprint density at radius 2 is 2.19 bits per heavy atom. The lowest BCUT2D eigenvalue weighted by Gasteiger charge is -2.43. The molecule has 4 fully saturated rings. The molecule has 0 radical (unpaired) electrons. The number of halogens is 1. The predicted molar refractivity (Wildman–Crippen MR) is 97.2 cm³/mol. The molecule has 136 valence electrons. The molecule has 0 spiro atoms. The first-order valence-electron chi connectivity index (χ1n) is 9.26. The monoisotopic (exact) mass is 372 g/mol. The number of morpholine rings is 1. The molecule has 2 aromatic rings. The van der Waals surface area contributed by atoms with E-state index in [4.69, 9.17) is 4.74 Å². The van der Waals surface area contributed by atoms with Gasteiger partial charge in [-0.05, 0) is 43.7 Å². The molecule has 1 amide bonds. The second kappa shape index (κ2) is 6.13. The Morgan fingerprint density at radius 1 is 1.35 bits per heavy atom. The highest BCUT2D eigenvalue weighted by Crippen LogP contribution is 2.59. The van der Waals surface area contributed by atoms with E-state index in [-0.39, 0.29) is 17.3 Å². The molecule has 6 rings (SSSR count). The molecule has 6 heteroatoms. The van der Waals surface area contributed by atoms with E-state index in [1.165, 1.54) is 23.8 Å². The zero-order valence-corrected chi connectivity index (χ0v) is 15.3. The number of carbonyl (C=O) groups excluding carboxylic acids is 1. The van der Waals surface area contributed by atoms with Gasteiger partial charge in [-0.3, -0.25) is 4.79 Å². The molecule has 0 N–H and O–H groups in total. The zero-order valence-electron chi connectivity index (χ0n) is 14.5. The van der Waals surface area contributed by atoms with Crippen LogP contribution in [0.4, 0.5) is 4.39 Å². The predicted octanol–water partition coefficient (Wildman–Crippen LogP) is 4.04. The number of thiazole rings is 1. The van der Waals surface area contributed by atoms with Crippen LogP contribution in [-0.2, 0) is 9.53 Å². The van der Waals surface area contributed by atoms with Gasteiger partial charge in [0, 0.05) is 22.9 Å². The van der Waals surface area contributed by atoms with Crippen LogP contribution in [0.1, 0.15) is 36.8 Å². The Hall–Kier alpha value is -1.79. The van der Waals surface area contributed by atoms with E-state index in [1.54, 1.807) is 12.1 Å². The highest BCUT2D eigenvalue weighted by atomic mass is 32.1. The van der Waals surface area contributed by atoms with Gasteiger partial charge in [-0.1, -0.05) is 12.1 Å². The quantitative estimate of drug-likeness (QED) is 0.817. The molecule has 4 nitrogen and oxygen atoms in total. The van der Waals surface area contributed by atoms with Crippen LogP contribution in [0.2, 0.25) is 0 Å². The summed E-state index contributed by atoms with van der Waals surface area (Å²) < 4.78 is 19.9. The SMILES string of the molecule is O=C(N1CCOC(c2nc(-c3ccccc3F)cs2)C1)C12CCC(C1)C2. The van der Waals surface area contributed by atoms with E-state index in [9.17, 15) is 9.18 Å². The van der Waals surface area contributed by atoms with Crippen molar-refractivity contribution in [2.75, 3.05) is 19.7 Å². The minimum atomic E-state index is -0.273. The maximum absolute atomic E-state index is 14.0. The van der Waals surface area contributed by atoms with Crippen molar-refractivity contribution >= 4 is 17.2 Å². The van der Waals surface area contributed by atoms with Gasteiger partial charge < -0.3 is 9.64 Å². The molecule has 2 bridgehead atoms. The lowest BCUT2D eigenvalue weighted by Crippen LogP contribution is -2.51. The second-order valence-electron chi connectivity index (χ2n) is 7.75. The van der Waals surface area contributed by atoms with Crippen LogP contribution in [0.3, 0.4) is 0 Å². The van der Waals surface area contributed by atoms with Crippen LogP contribution in [0, 0.1) is 17.2 Å². The van der Waals surface area contributed by atoms with Gasteiger partial charge in [0.1, 0.15) is 16.9 Å². The van der Waals surface area contributed by atoms with Gasteiger partial charge in [0.25, 0.3) is 0 Å². The number of fused-ring (bicyclic) bond motifs is 1. The van der Waals surface area contributed by atoms with Crippen LogP contribution in [0.15, 0.2) is 29.6 Å². The van der Waals surface area contributed by atoms with Crippen molar-refractivity contribution in [1.82, 2.24) is 9.88 Å². The van der Waals surface area contributed by atoms with Crippen molar-refractivity contribution in [3.63, 3.8) is 0 Å². The van der Waals surface area contributed by atoms with Crippen molar-refractivity contribution in [2.45, 2.75) is 31.8 Å². The number of aromatic nitrogens is 1. The fourth-order valence-electron chi connectivity index (χ4n) is 4.76. The lowest BCUT2D eigenvalue weighted by molar-refractivity contribution is -0.154. The Kier molecular flexibility index (Phi) is 3.87. The van der Waals surface area contributed by atoms with Gasteiger partial charge >= 0.3 is 0 Å². The minimum Gasteiger partial charge on any atom is -0.367 e. The van der Waals surface area contributed by atoms with Crippen molar-refractivity contribution in [3.8, 4) is 11.3 Å². The van der Waals surface area contributed by atoms with Crippen molar-refractivity contribution in [2.24, 2.45) is 11.3 Å². The van der Waals surface area contributed by atoms with Crippen LogP contribution in [0.25, 0.3) is 11.3 Å². The van der Waals surface area contributed by atoms with Gasteiger partial charge in [0.2, 0.25) is 5.91 Å². The van der Waals surface area contributed by atoms with Crippen LogP contribution < -0.4 is 0 Å². The maximum atomic E-state index is 14.0. The number of hydrogen-bond acceptors (Lipinski definition) is 4. The number of carbonyl (C=O) groups is 1. The van der Waals surface area contributed by atoms with Gasteiger partial charge in [0.15, 0.2) is 0 Å². The van der Waals surface area contributed by atoms with Gasteiger partial charge in [-0.25, -0.2) is 9.37 Å². The van der Waals surface area contributed by atoms with E-state index in [1.807, 2.05) is 16.3 Å². The molecule has 2 heterocycles. The van der Waals surface area contributed by atoms with E-state index >= 15 is 0 Å². The van der Waals surface area contributed by atoms with Crippen molar-refractivity contribution in [1.29, 1.82) is 0 Å². The largest absolute Gasteiger partial charge is 0.367 e. The van der Waals surface area contributed by atoms with E-state index in [2.05, 4.69) is 4.98 Å². The highest BCUT2D eigenvalue weighted by molar-refractivity contribution is 7.10. The van der Waals surface area contributed by atoms with Crippen LogP contribution in [-0.4, -0.2) is 35.5 Å². The van der Waals surface area contributed by atoms with Gasteiger partial charge in [-0.15, -0.1) is 11.3 Å². The minimum absolute atomic E-state index is 0.0756. The Bertz CT molecular complexity index is 840. The van der Waals surface area contributed by atoms with Crippen LogP contribution in [0.5, 0.6) is 0 Å². The number of nitrogens with zero attached hydrogens (tertiary/aromatic N) is 2. The Balaban J connectivity index is 1.33. The van der Waals surface area contributed by atoms with Crippen LogP contribution >= 0.6 is 11.3 Å². The molecule has 26 heavy (non-hydrogen) atoms. The zero-order chi connectivity index (χ0) is 17.7. The summed E-state index contributed by atoms with van der Waals surface area (Å²) in [5, 5.41) is 2.68. The smallest absolute Gasteiger partial charge is 0.228 e. The third-order valence-electron chi connectivity index (χ3n) is 6.14. The molecule has 4 aliphatic rings. The van der Waals surface area contributed by atoms with Gasteiger partial charge in [0.05, 0.1) is 18.8 Å². The summed E-state index contributed by atoms with van der Waals surface area (Å²) in [6.07, 6.45) is 4.18. The first-order chi connectivity index (χ1) is 12.6. The molecule has 1 aliphatic heterocycles. The number of rotatable bonds is 3. The summed E-state index contributed by atoms with van der Waals surface area (Å²) in [6.45, 7) is 1.74. The Labute approximate surface area is 156 Å². The molecule has 1 aromatic heterocycles. The molecule has 3 saturated carbocycles. The Morgan fingerprint density at radius 3 is 2.96 bits per heavy atom. The lowest BCUT2D eigenvalue weighted by atomic mass is 9.68. The summed E-state index contributed by atoms with van der Waals surface area (Å²) >= 11 is 1.47. The first-order valence-corrected chi connectivity index (χ1v) is 10.1. The third kappa shape index (κ3) is 2.58. The normalized spacial score (nSPS) is 30.3. The maximum Gasteiger partial charge on any atom is 0.228 e. The standard InChI is InChI=1S/C20H21FN2O2S/c21-15-4-2-1-3-14(15)16-12-26-18(22-16)17-11-23(7-8-25-17)19(24)20-6-5-13(9-20)10-20/h1-4,12-13,17H,5-11H2. The summed E-state index contributed by atoms with van der Waals surface area (Å²) in [4.78, 5) is 19.6. The third-order valence-corrected chi connectivity index (χ3v) is 7.08. The van der Waals surface area contributed by atoms with Crippen molar-refractivity contribution in [3.05, 3.63) is 40.5 Å². The molecule has 3 aliphatic carbocycles. The average molecular weight is 372 g/mol. The molecule has 1 aromatic carbocycles. The van der Waals surface area contributed by atoms with E-state index in [0.717, 1.165) is 30.2 Å². The molecule has 1 saturated heterocycles. The topological polar surface area (TPSA) is 42.4 Å². The van der Waals surface area contributed by atoms with E-state index < -0.39 is 0 Å². The fourth-order valence-corrected chi connectivity index (χ4v) is 5.62. The summed E-state index contributed by atoms with van der Waals surface area (Å²) in [5.41, 5.74) is 1.06. The average Bonchev–Trinajstić information content (AvgIpc) is 3.37. The first kappa shape index (κ1) is 16.4. The van der Waals surface area contributed by atoms with Gasteiger partial charge in [-0.2, -0.15) is 0 Å². The van der Waals surface area contributed by atoms with E-state index in [0.29, 0.717) is 36.9 Å². The summed E-state index contributed by atoms with van der Waals surface area (Å²) in [5.74, 6) is 0.814. The highest BCUT2D eigenvalue weighted by Gasteiger charge is 2.56. The number of hydrogen-bond donors (Lipinski definition) is 0. The van der Waals surface area contributed by atoms with Crippen molar-refractivity contribution < 1.29 is 13.9 Å². The number of ether oxygens (including phenoxy) is 1. The second-order valence-corrected chi connectivity index (χ2v) is 8.64. The number of benzene rings is 1. The molecule has 1 atom stereocenters. The molecular formula is C20H21FN2O2S. The molecule has 1 unspecified atom stereocenters. The number of amides is 1. The fraction of sp³-hybridized carbons (Fsp3) is 0.500. The summed E-state index contributed by atoms with van der Waals surface area (Å²) in [7, 11) is 0. The summed E-state index contributed by atoms with van der Waals surface area (Å²) in [6, 6.07) is 6.66. The molecular weight excluding hydrogens is 351 g/mol.